The molecule has 0 atom stereocenters. The SMILES string of the molecule is CCCCCN(CCCOC)C(=O)C1CCN(c2nc3ccccc3o2)CC1. The van der Waals surface area contributed by atoms with Crippen LogP contribution in [0.3, 0.4) is 0 Å². The zero-order valence-corrected chi connectivity index (χ0v) is 17.2. The van der Waals surface area contributed by atoms with E-state index in [4.69, 9.17) is 9.15 Å². The highest BCUT2D eigenvalue weighted by atomic mass is 16.5. The van der Waals surface area contributed by atoms with Crippen LogP contribution < -0.4 is 4.90 Å². The molecule has 6 heteroatoms. The summed E-state index contributed by atoms with van der Waals surface area (Å²) in [4.78, 5) is 21.9. The molecule has 2 heterocycles. The molecule has 1 saturated heterocycles. The van der Waals surface area contributed by atoms with Gasteiger partial charge >= 0.3 is 0 Å². The van der Waals surface area contributed by atoms with Gasteiger partial charge in [-0.3, -0.25) is 4.79 Å². The Morgan fingerprint density at radius 3 is 2.68 bits per heavy atom. The quantitative estimate of drug-likeness (QED) is 0.575. The molecule has 1 aromatic carbocycles. The molecule has 1 aromatic heterocycles. The summed E-state index contributed by atoms with van der Waals surface area (Å²) in [7, 11) is 1.71. The van der Waals surface area contributed by atoms with Crippen molar-refractivity contribution in [2.45, 2.75) is 45.4 Å². The molecule has 28 heavy (non-hydrogen) atoms. The fraction of sp³-hybridized carbons (Fsp3) is 0.636. The molecule has 1 fully saturated rings. The first-order chi connectivity index (χ1) is 13.7. The number of piperidine rings is 1. The Morgan fingerprint density at radius 2 is 1.96 bits per heavy atom. The van der Waals surface area contributed by atoms with E-state index in [1.54, 1.807) is 7.11 Å². The van der Waals surface area contributed by atoms with Crippen LogP contribution >= 0.6 is 0 Å². The number of fused-ring (bicyclic) bond motifs is 1. The van der Waals surface area contributed by atoms with Crippen LogP contribution in [0.25, 0.3) is 11.1 Å². The third-order valence-corrected chi connectivity index (χ3v) is 5.52. The van der Waals surface area contributed by atoms with Gasteiger partial charge in [0.15, 0.2) is 5.58 Å². The molecule has 154 valence electrons. The lowest BCUT2D eigenvalue weighted by atomic mass is 9.95. The Bertz CT molecular complexity index is 694. The summed E-state index contributed by atoms with van der Waals surface area (Å²) in [6.07, 6.45) is 6.03. The van der Waals surface area contributed by atoms with Gasteiger partial charge < -0.3 is 19.0 Å². The number of para-hydroxylation sites is 2. The van der Waals surface area contributed by atoms with E-state index in [1.165, 1.54) is 12.8 Å². The number of amides is 1. The minimum Gasteiger partial charge on any atom is -0.423 e. The fourth-order valence-corrected chi connectivity index (χ4v) is 3.86. The van der Waals surface area contributed by atoms with Crippen LogP contribution in [0.1, 0.15) is 45.4 Å². The van der Waals surface area contributed by atoms with Gasteiger partial charge in [0.25, 0.3) is 6.01 Å². The second-order valence-corrected chi connectivity index (χ2v) is 7.60. The van der Waals surface area contributed by atoms with Gasteiger partial charge in [0.1, 0.15) is 5.52 Å². The number of rotatable bonds is 10. The zero-order valence-electron chi connectivity index (χ0n) is 17.2. The van der Waals surface area contributed by atoms with Gasteiger partial charge in [0.05, 0.1) is 0 Å². The molecule has 0 aliphatic carbocycles. The average Bonchev–Trinajstić information content (AvgIpc) is 3.17. The highest BCUT2D eigenvalue weighted by molar-refractivity contribution is 5.79. The first-order valence-electron chi connectivity index (χ1n) is 10.6. The summed E-state index contributed by atoms with van der Waals surface area (Å²) in [5.74, 6) is 0.411. The first kappa shape index (κ1) is 20.6. The summed E-state index contributed by atoms with van der Waals surface area (Å²) in [5, 5.41) is 0. The second kappa shape index (κ2) is 10.5. The summed E-state index contributed by atoms with van der Waals surface area (Å²) in [6, 6.07) is 8.50. The van der Waals surface area contributed by atoms with E-state index in [-0.39, 0.29) is 5.92 Å². The van der Waals surface area contributed by atoms with E-state index in [0.717, 1.165) is 63.0 Å². The number of unbranched alkanes of at least 4 members (excludes halogenated alkanes) is 2. The average molecular weight is 388 g/mol. The lowest BCUT2D eigenvalue weighted by molar-refractivity contribution is -0.136. The van der Waals surface area contributed by atoms with E-state index in [1.807, 2.05) is 24.3 Å². The Balaban J connectivity index is 1.55. The molecule has 0 bridgehead atoms. The summed E-state index contributed by atoms with van der Waals surface area (Å²) < 4.78 is 11.1. The minimum absolute atomic E-state index is 0.102. The molecule has 2 aromatic rings. The van der Waals surface area contributed by atoms with E-state index < -0.39 is 0 Å². The maximum absolute atomic E-state index is 13.1. The number of nitrogens with zero attached hydrogens (tertiary/aromatic N) is 3. The van der Waals surface area contributed by atoms with Gasteiger partial charge in [-0.25, -0.2) is 0 Å². The third-order valence-electron chi connectivity index (χ3n) is 5.52. The number of hydrogen-bond acceptors (Lipinski definition) is 5. The largest absolute Gasteiger partial charge is 0.423 e. The van der Waals surface area contributed by atoms with Crippen molar-refractivity contribution in [3.63, 3.8) is 0 Å². The standard InChI is InChI=1S/C22H33N3O3/c1-3-4-7-13-24(14-8-17-27-2)21(26)18-11-15-25(16-12-18)22-23-19-9-5-6-10-20(19)28-22/h5-6,9-10,18H,3-4,7-8,11-17H2,1-2H3. The summed E-state index contributed by atoms with van der Waals surface area (Å²) >= 11 is 0. The highest BCUT2D eigenvalue weighted by Gasteiger charge is 2.29. The molecule has 0 spiro atoms. The normalized spacial score (nSPS) is 15.3. The molecule has 1 aliphatic rings. The van der Waals surface area contributed by atoms with Crippen LogP contribution in [0.2, 0.25) is 0 Å². The van der Waals surface area contributed by atoms with Crippen molar-refractivity contribution < 1.29 is 13.9 Å². The molecule has 1 amide bonds. The van der Waals surface area contributed by atoms with Gasteiger partial charge in [-0.05, 0) is 37.8 Å². The van der Waals surface area contributed by atoms with Crippen molar-refractivity contribution in [1.82, 2.24) is 9.88 Å². The van der Waals surface area contributed by atoms with E-state index in [9.17, 15) is 4.79 Å². The van der Waals surface area contributed by atoms with Crippen LogP contribution in [0, 0.1) is 5.92 Å². The highest BCUT2D eigenvalue weighted by Crippen LogP contribution is 2.27. The Labute approximate surface area is 167 Å². The number of oxazole rings is 1. The Hall–Kier alpha value is -2.08. The third kappa shape index (κ3) is 5.25. The van der Waals surface area contributed by atoms with Crippen LogP contribution in [0.5, 0.6) is 0 Å². The molecular formula is C22H33N3O3. The maximum Gasteiger partial charge on any atom is 0.298 e. The van der Waals surface area contributed by atoms with Crippen LogP contribution in [-0.4, -0.2) is 55.7 Å². The number of methoxy groups -OCH3 is 1. The van der Waals surface area contributed by atoms with Crippen molar-refractivity contribution in [3.05, 3.63) is 24.3 Å². The molecule has 0 unspecified atom stereocenters. The summed E-state index contributed by atoms with van der Waals surface area (Å²) in [5.41, 5.74) is 1.70. The monoisotopic (exact) mass is 387 g/mol. The van der Waals surface area contributed by atoms with Crippen LogP contribution in [0.4, 0.5) is 6.01 Å². The van der Waals surface area contributed by atoms with E-state index >= 15 is 0 Å². The van der Waals surface area contributed by atoms with E-state index in [2.05, 4.69) is 21.7 Å². The lowest BCUT2D eigenvalue weighted by Gasteiger charge is -2.33. The number of carbonyl (C=O) groups excluding carboxylic acids is 1. The van der Waals surface area contributed by atoms with Crippen molar-refractivity contribution in [1.29, 1.82) is 0 Å². The predicted molar refractivity (Wildman–Crippen MR) is 112 cm³/mol. The van der Waals surface area contributed by atoms with Crippen LogP contribution in [0.15, 0.2) is 28.7 Å². The number of hydrogen-bond donors (Lipinski definition) is 0. The fourth-order valence-electron chi connectivity index (χ4n) is 3.86. The van der Waals surface area contributed by atoms with Gasteiger partial charge in [-0.1, -0.05) is 31.9 Å². The van der Waals surface area contributed by atoms with Crippen molar-refractivity contribution in [2.24, 2.45) is 5.92 Å². The number of anilines is 1. The molecule has 0 N–H and O–H groups in total. The van der Waals surface area contributed by atoms with Gasteiger partial charge in [0.2, 0.25) is 5.91 Å². The molecular weight excluding hydrogens is 354 g/mol. The van der Waals surface area contributed by atoms with Gasteiger partial charge in [-0.15, -0.1) is 0 Å². The lowest BCUT2D eigenvalue weighted by Crippen LogP contribution is -2.43. The van der Waals surface area contributed by atoms with Crippen molar-refractivity contribution in [2.75, 3.05) is 44.8 Å². The van der Waals surface area contributed by atoms with Crippen molar-refractivity contribution in [3.8, 4) is 0 Å². The number of aromatic nitrogens is 1. The molecule has 0 saturated carbocycles. The molecule has 1 aliphatic heterocycles. The minimum atomic E-state index is 0.102. The maximum atomic E-state index is 13.1. The molecule has 3 rings (SSSR count). The number of ether oxygens (including phenoxy) is 1. The van der Waals surface area contributed by atoms with Crippen molar-refractivity contribution >= 4 is 23.0 Å². The zero-order chi connectivity index (χ0) is 19.8. The van der Waals surface area contributed by atoms with E-state index in [0.29, 0.717) is 18.5 Å². The van der Waals surface area contributed by atoms with Gasteiger partial charge in [-0.2, -0.15) is 4.98 Å². The Kier molecular flexibility index (Phi) is 7.71. The summed E-state index contributed by atoms with van der Waals surface area (Å²) in [6.45, 7) is 6.17. The van der Waals surface area contributed by atoms with Crippen LogP contribution in [-0.2, 0) is 9.53 Å². The predicted octanol–water partition coefficient (Wildman–Crippen LogP) is 4.10. The molecule has 6 nitrogen and oxygen atoms in total. The van der Waals surface area contributed by atoms with Gasteiger partial charge in [0, 0.05) is 45.8 Å². The first-order valence-corrected chi connectivity index (χ1v) is 10.6. The number of carbonyl (C=O) groups is 1. The number of benzene rings is 1. The molecule has 0 radical (unpaired) electrons. The topological polar surface area (TPSA) is 58.8 Å². The Morgan fingerprint density at radius 1 is 1.21 bits per heavy atom. The smallest absolute Gasteiger partial charge is 0.298 e. The second-order valence-electron chi connectivity index (χ2n) is 7.60.